The molecule has 1 rings (SSSR count). The molecule has 0 amide bonds. The van der Waals surface area contributed by atoms with Crippen molar-refractivity contribution in [3.63, 3.8) is 0 Å². The first-order valence-corrected chi connectivity index (χ1v) is 4.73. The van der Waals surface area contributed by atoms with Gasteiger partial charge in [-0.15, -0.1) is 12.4 Å². The van der Waals surface area contributed by atoms with Crippen LogP contribution >= 0.6 is 12.4 Å². The van der Waals surface area contributed by atoms with Crippen LogP contribution < -0.4 is 5.73 Å². The Morgan fingerprint density at radius 3 is 2.85 bits per heavy atom. The van der Waals surface area contributed by atoms with Crippen LogP contribution in [0.2, 0.25) is 0 Å². The van der Waals surface area contributed by atoms with E-state index in [-0.39, 0.29) is 12.4 Å². The molecule has 1 aliphatic rings. The number of nitrogens with two attached hydrogens (primary N) is 1. The predicted molar refractivity (Wildman–Crippen MR) is 58.6 cm³/mol. The Kier molecular flexibility index (Phi) is 6.08. The minimum Gasteiger partial charge on any atom is -0.388 e. The summed E-state index contributed by atoms with van der Waals surface area (Å²) in [4.78, 5) is 2.41. The van der Waals surface area contributed by atoms with Crippen molar-refractivity contribution in [2.24, 2.45) is 11.7 Å². The molecule has 1 aliphatic heterocycles. The van der Waals surface area contributed by atoms with Crippen molar-refractivity contribution in [2.75, 3.05) is 19.6 Å². The minimum absolute atomic E-state index is 0. The zero-order valence-electron chi connectivity index (χ0n) is 8.25. The van der Waals surface area contributed by atoms with Crippen LogP contribution in [0.4, 0.5) is 0 Å². The topological polar surface area (TPSA) is 53.1 Å². The molecule has 1 atom stereocenters. The smallest absolute Gasteiger partial charge is 0.0918 e. The van der Waals surface area contributed by atoms with Gasteiger partial charge in [0.25, 0.3) is 0 Å². The summed E-state index contributed by atoms with van der Waals surface area (Å²) >= 11 is 0. The van der Waals surface area contributed by atoms with Crippen LogP contribution in [0.3, 0.4) is 0 Å². The molecule has 13 heavy (non-hydrogen) atoms. The highest BCUT2D eigenvalue weighted by Gasteiger charge is 2.15. The molecule has 78 valence electrons. The Labute approximate surface area is 86.6 Å². The zero-order valence-corrected chi connectivity index (χ0v) is 9.07. The SMILES string of the molecule is CC1CCCN(CCC(=N)N)C1.Cl. The summed E-state index contributed by atoms with van der Waals surface area (Å²) < 4.78 is 0. The first-order chi connectivity index (χ1) is 5.68. The zero-order chi connectivity index (χ0) is 8.97. The highest BCUT2D eigenvalue weighted by atomic mass is 35.5. The Bertz CT molecular complexity index is 161. The Morgan fingerprint density at radius 1 is 1.62 bits per heavy atom. The van der Waals surface area contributed by atoms with E-state index in [2.05, 4.69) is 11.8 Å². The summed E-state index contributed by atoms with van der Waals surface area (Å²) in [6.07, 6.45) is 3.39. The van der Waals surface area contributed by atoms with Crippen LogP contribution in [0.1, 0.15) is 26.2 Å². The van der Waals surface area contributed by atoms with Crippen LogP contribution in [0.25, 0.3) is 0 Å². The quantitative estimate of drug-likeness (QED) is 0.542. The van der Waals surface area contributed by atoms with Gasteiger partial charge in [0.2, 0.25) is 0 Å². The Hall–Kier alpha value is -0.280. The van der Waals surface area contributed by atoms with E-state index in [4.69, 9.17) is 11.1 Å². The van der Waals surface area contributed by atoms with Crippen molar-refractivity contribution < 1.29 is 0 Å². The number of halogens is 1. The van der Waals surface area contributed by atoms with E-state index < -0.39 is 0 Å². The van der Waals surface area contributed by atoms with E-state index in [1.807, 2.05) is 0 Å². The number of nitrogens with zero attached hydrogens (tertiary/aromatic N) is 1. The van der Waals surface area contributed by atoms with E-state index in [0.717, 1.165) is 18.9 Å². The second-order valence-electron chi connectivity index (χ2n) is 3.82. The summed E-state index contributed by atoms with van der Waals surface area (Å²) in [5.74, 6) is 1.14. The fourth-order valence-corrected chi connectivity index (χ4v) is 1.77. The van der Waals surface area contributed by atoms with Gasteiger partial charge < -0.3 is 10.6 Å². The van der Waals surface area contributed by atoms with Crippen LogP contribution in [-0.4, -0.2) is 30.4 Å². The van der Waals surface area contributed by atoms with Gasteiger partial charge in [0, 0.05) is 19.5 Å². The average molecular weight is 206 g/mol. The van der Waals surface area contributed by atoms with Gasteiger partial charge in [-0.25, -0.2) is 0 Å². The first-order valence-electron chi connectivity index (χ1n) is 4.73. The van der Waals surface area contributed by atoms with Crippen molar-refractivity contribution in [2.45, 2.75) is 26.2 Å². The molecular formula is C9H20ClN3. The van der Waals surface area contributed by atoms with Crippen LogP contribution in [0, 0.1) is 11.3 Å². The van der Waals surface area contributed by atoms with Crippen LogP contribution in [0.5, 0.6) is 0 Å². The van der Waals surface area contributed by atoms with Gasteiger partial charge in [-0.2, -0.15) is 0 Å². The molecule has 0 bridgehead atoms. The Balaban J connectivity index is 0.00000144. The molecule has 0 aromatic carbocycles. The largest absolute Gasteiger partial charge is 0.388 e. The molecule has 0 radical (unpaired) electrons. The molecule has 3 N–H and O–H groups in total. The van der Waals surface area contributed by atoms with Crippen LogP contribution in [-0.2, 0) is 0 Å². The summed E-state index contributed by atoms with van der Waals surface area (Å²) in [5.41, 5.74) is 5.30. The number of rotatable bonds is 3. The molecule has 1 saturated heterocycles. The normalized spacial score (nSPS) is 23.6. The number of piperidine rings is 1. The second kappa shape index (κ2) is 6.22. The van der Waals surface area contributed by atoms with Crippen molar-refractivity contribution in [1.29, 1.82) is 5.41 Å². The summed E-state index contributed by atoms with van der Waals surface area (Å²) in [7, 11) is 0. The molecule has 0 aromatic rings. The lowest BCUT2D eigenvalue weighted by Gasteiger charge is -2.30. The predicted octanol–water partition coefficient (Wildman–Crippen LogP) is 1.47. The van der Waals surface area contributed by atoms with Gasteiger partial charge in [-0.05, 0) is 25.3 Å². The van der Waals surface area contributed by atoms with Crippen molar-refractivity contribution in [3.8, 4) is 0 Å². The maximum absolute atomic E-state index is 7.11. The molecule has 1 unspecified atom stereocenters. The maximum Gasteiger partial charge on any atom is 0.0918 e. The van der Waals surface area contributed by atoms with E-state index in [0.29, 0.717) is 5.84 Å². The molecule has 1 fully saturated rings. The molecular weight excluding hydrogens is 186 g/mol. The fourth-order valence-electron chi connectivity index (χ4n) is 1.77. The monoisotopic (exact) mass is 205 g/mol. The standard InChI is InChI=1S/C9H19N3.ClH/c1-8-3-2-5-12(7-8)6-4-9(10)11;/h8H,2-7H2,1H3,(H3,10,11);1H. The third-order valence-electron chi connectivity index (χ3n) is 2.44. The molecule has 0 aromatic heterocycles. The number of amidine groups is 1. The van der Waals surface area contributed by atoms with Gasteiger partial charge in [-0.3, -0.25) is 5.41 Å². The van der Waals surface area contributed by atoms with Gasteiger partial charge in [0.05, 0.1) is 5.84 Å². The molecule has 1 heterocycles. The number of likely N-dealkylation sites (tertiary alicyclic amines) is 1. The average Bonchev–Trinajstić information content (AvgIpc) is 2.01. The first kappa shape index (κ1) is 12.7. The van der Waals surface area contributed by atoms with E-state index in [1.54, 1.807) is 0 Å². The summed E-state index contributed by atoms with van der Waals surface area (Å²) in [6, 6.07) is 0. The number of hydrogen-bond donors (Lipinski definition) is 2. The van der Waals surface area contributed by atoms with E-state index >= 15 is 0 Å². The summed E-state index contributed by atoms with van der Waals surface area (Å²) in [6.45, 7) is 5.64. The van der Waals surface area contributed by atoms with Crippen molar-refractivity contribution in [3.05, 3.63) is 0 Å². The molecule has 3 nitrogen and oxygen atoms in total. The number of nitrogens with one attached hydrogen (secondary N) is 1. The van der Waals surface area contributed by atoms with Gasteiger partial charge in [-0.1, -0.05) is 6.92 Å². The maximum atomic E-state index is 7.11. The number of hydrogen-bond acceptors (Lipinski definition) is 2. The van der Waals surface area contributed by atoms with Crippen LogP contribution in [0.15, 0.2) is 0 Å². The minimum atomic E-state index is 0. The molecule has 4 heteroatoms. The summed E-state index contributed by atoms with van der Waals surface area (Å²) in [5, 5.41) is 7.11. The third-order valence-corrected chi connectivity index (χ3v) is 2.44. The lowest BCUT2D eigenvalue weighted by Crippen LogP contribution is -2.36. The highest BCUT2D eigenvalue weighted by Crippen LogP contribution is 2.15. The second-order valence-corrected chi connectivity index (χ2v) is 3.82. The van der Waals surface area contributed by atoms with Crippen molar-refractivity contribution in [1.82, 2.24) is 4.90 Å². The fraction of sp³-hybridized carbons (Fsp3) is 0.889. The van der Waals surface area contributed by atoms with Crippen molar-refractivity contribution >= 4 is 18.2 Å². The van der Waals surface area contributed by atoms with Gasteiger partial charge >= 0.3 is 0 Å². The van der Waals surface area contributed by atoms with E-state index in [1.165, 1.54) is 25.9 Å². The highest BCUT2D eigenvalue weighted by molar-refractivity contribution is 5.85. The lowest BCUT2D eigenvalue weighted by atomic mass is 10.0. The molecule has 0 saturated carbocycles. The lowest BCUT2D eigenvalue weighted by molar-refractivity contribution is 0.188. The molecule has 0 spiro atoms. The van der Waals surface area contributed by atoms with E-state index in [9.17, 15) is 0 Å². The molecule has 0 aliphatic carbocycles. The third kappa shape index (κ3) is 5.11. The van der Waals surface area contributed by atoms with Gasteiger partial charge in [0.15, 0.2) is 0 Å². The Morgan fingerprint density at radius 2 is 2.31 bits per heavy atom. The van der Waals surface area contributed by atoms with Gasteiger partial charge in [0.1, 0.15) is 0 Å².